The van der Waals surface area contributed by atoms with Crippen molar-refractivity contribution in [2.45, 2.75) is 45.4 Å². The molecule has 0 saturated heterocycles. The molecule has 0 bridgehead atoms. The van der Waals surface area contributed by atoms with Gasteiger partial charge in [-0.2, -0.15) is 4.98 Å². The van der Waals surface area contributed by atoms with Gasteiger partial charge in [0.15, 0.2) is 17.5 Å². The minimum Gasteiger partial charge on any atom is -0.476 e. The van der Waals surface area contributed by atoms with E-state index in [9.17, 15) is 8.78 Å². The Balaban J connectivity index is 2.33. The molecular weight excluding hydrogens is 250 g/mol. The third-order valence-corrected chi connectivity index (χ3v) is 2.87. The van der Waals surface area contributed by atoms with Crippen LogP contribution in [0.5, 0.6) is 5.88 Å². The highest BCUT2D eigenvalue weighted by Gasteiger charge is 2.11. The van der Waals surface area contributed by atoms with E-state index in [-0.39, 0.29) is 11.7 Å². The summed E-state index contributed by atoms with van der Waals surface area (Å²) in [7, 11) is 1.53. The van der Waals surface area contributed by atoms with Crippen LogP contribution in [0, 0.1) is 11.6 Å². The molecule has 0 aliphatic carbocycles. The Morgan fingerprint density at radius 1 is 1.11 bits per heavy atom. The molecule has 0 saturated carbocycles. The maximum Gasteiger partial charge on any atom is 0.252 e. The Morgan fingerprint density at radius 2 is 1.79 bits per heavy atom. The van der Waals surface area contributed by atoms with E-state index in [1.54, 1.807) is 0 Å². The normalized spacial score (nSPS) is 10.5. The van der Waals surface area contributed by atoms with Crippen molar-refractivity contribution < 1.29 is 13.5 Å². The van der Waals surface area contributed by atoms with Crippen molar-refractivity contribution in [1.29, 1.82) is 0 Å². The molecule has 1 N–H and O–H groups in total. The Morgan fingerprint density at radius 3 is 2.47 bits per heavy atom. The van der Waals surface area contributed by atoms with E-state index < -0.39 is 11.6 Å². The fourth-order valence-corrected chi connectivity index (χ4v) is 1.78. The maximum atomic E-state index is 13.4. The van der Waals surface area contributed by atoms with Gasteiger partial charge in [-0.1, -0.05) is 39.0 Å². The fourth-order valence-electron chi connectivity index (χ4n) is 1.78. The molecule has 0 radical (unpaired) electrons. The van der Waals surface area contributed by atoms with Gasteiger partial charge in [-0.3, -0.25) is 0 Å². The van der Waals surface area contributed by atoms with Crippen LogP contribution in [-0.2, 0) is 0 Å². The SMILES string of the molecule is CCCCCCCCOc1nc(NC)c(F)cc1F. The quantitative estimate of drug-likeness (QED) is 0.686. The molecule has 0 amide bonds. The summed E-state index contributed by atoms with van der Waals surface area (Å²) >= 11 is 0. The zero-order valence-corrected chi connectivity index (χ0v) is 11.6. The van der Waals surface area contributed by atoms with E-state index in [1.165, 1.54) is 26.3 Å². The van der Waals surface area contributed by atoms with Crippen LogP contribution in [0.4, 0.5) is 14.6 Å². The van der Waals surface area contributed by atoms with Crippen LogP contribution in [0.1, 0.15) is 45.4 Å². The van der Waals surface area contributed by atoms with Crippen molar-refractivity contribution >= 4 is 5.82 Å². The number of ether oxygens (including phenoxy) is 1. The summed E-state index contributed by atoms with van der Waals surface area (Å²) in [6, 6.07) is 0.787. The van der Waals surface area contributed by atoms with Gasteiger partial charge >= 0.3 is 0 Å². The number of anilines is 1. The van der Waals surface area contributed by atoms with Crippen molar-refractivity contribution in [2.75, 3.05) is 19.0 Å². The summed E-state index contributed by atoms with van der Waals surface area (Å²) < 4.78 is 31.8. The average Bonchev–Trinajstić information content (AvgIpc) is 2.40. The minimum absolute atomic E-state index is 0.000606. The van der Waals surface area contributed by atoms with E-state index in [0.29, 0.717) is 6.61 Å². The monoisotopic (exact) mass is 272 g/mol. The average molecular weight is 272 g/mol. The summed E-state index contributed by atoms with van der Waals surface area (Å²) in [5.41, 5.74) is 0. The molecule has 0 atom stereocenters. The molecule has 0 aliphatic rings. The zero-order valence-electron chi connectivity index (χ0n) is 11.6. The van der Waals surface area contributed by atoms with Crippen LogP contribution >= 0.6 is 0 Å². The Bertz CT molecular complexity index is 386. The number of rotatable bonds is 9. The van der Waals surface area contributed by atoms with Gasteiger partial charge in [-0.05, 0) is 6.42 Å². The first-order valence-electron chi connectivity index (χ1n) is 6.85. The van der Waals surface area contributed by atoms with Gasteiger partial charge in [-0.15, -0.1) is 0 Å². The minimum atomic E-state index is -0.762. The molecule has 0 aromatic carbocycles. The van der Waals surface area contributed by atoms with Gasteiger partial charge < -0.3 is 10.1 Å². The number of nitrogens with one attached hydrogen (secondary N) is 1. The predicted molar refractivity (Wildman–Crippen MR) is 72.6 cm³/mol. The number of unbranched alkanes of at least 4 members (excludes halogenated alkanes) is 5. The molecule has 19 heavy (non-hydrogen) atoms. The lowest BCUT2D eigenvalue weighted by molar-refractivity contribution is 0.277. The molecule has 1 aromatic rings. The summed E-state index contributed by atoms with van der Waals surface area (Å²) in [4.78, 5) is 3.75. The number of aromatic nitrogens is 1. The molecule has 108 valence electrons. The van der Waals surface area contributed by atoms with Gasteiger partial charge in [0.1, 0.15) is 0 Å². The second kappa shape index (κ2) is 8.67. The highest BCUT2D eigenvalue weighted by molar-refractivity contribution is 5.38. The van der Waals surface area contributed by atoms with E-state index in [2.05, 4.69) is 17.2 Å². The summed E-state index contributed by atoms with van der Waals surface area (Å²) in [5, 5.41) is 2.55. The highest BCUT2D eigenvalue weighted by Crippen LogP contribution is 2.20. The summed E-state index contributed by atoms with van der Waals surface area (Å²) in [6.07, 6.45) is 6.77. The van der Waals surface area contributed by atoms with Crippen LogP contribution in [0.15, 0.2) is 6.07 Å². The molecule has 1 heterocycles. The fraction of sp³-hybridized carbons (Fsp3) is 0.643. The highest BCUT2D eigenvalue weighted by atomic mass is 19.1. The second-order valence-electron chi connectivity index (χ2n) is 4.47. The Labute approximate surface area is 113 Å². The standard InChI is InChI=1S/C14H22F2N2O/c1-3-4-5-6-7-8-9-19-14-12(16)10-11(15)13(17-2)18-14/h10H,3-9H2,1-2H3,(H,17,18). The first-order valence-corrected chi connectivity index (χ1v) is 6.85. The number of halogens is 2. The van der Waals surface area contributed by atoms with Gasteiger partial charge in [0.25, 0.3) is 5.88 Å². The summed E-state index contributed by atoms with van der Waals surface area (Å²) in [5.74, 6) is -1.62. The lowest BCUT2D eigenvalue weighted by Crippen LogP contribution is -2.05. The van der Waals surface area contributed by atoms with E-state index in [0.717, 1.165) is 25.3 Å². The molecule has 3 nitrogen and oxygen atoms in total. The third-order valence-electron chi connectivity index (χ3n) is 2.87. The van der Waals surface area contributed by atoms with Crippen LogP contribution < -0.4 is 10.1 Å². The van der Waals surface area contributed by atoms with Crippen LogP contribution in [-0.4, -0.2) is 18.6 Å². The molecule has 0 unspecified atom stereocenters. The van der Waals surface area contributed by atoms with Crippen molar-refractivity contribution in [2.24, 2.45) is 0 Å². The lowest BCUT2D eigenvalue weighted by atomic mass is 10.1. The third kappa shape index (κ3) is 5.41. The smallest absolute Gasteiger partial charge is 0.252 e. The van der Waals surface area contributed by atoms with Crippen molar-refractivity contribution in [3.8, 4) is 5.88 Å². The molecule has 1 aromatic heterocycles. The molecule has 0 aliphatic heterocycles. The van der Waals surface area contributed by atoms with Crippen molar-refractivity contribution in [1.82, 2.24) is 4.98 Å². The van der Waals surface area contributed by atoms with E-state index in [1.807, 2.05) is 0 Å². The number of hydrogen-bond donors (Lipinski definition) is 1. The van der Waals surface area contributed by atoms with Gasteiger partial charge in [0.2, 0.25) is 0 Å². The van der Waals surface area contributed by atoms with Gasteiger partial charge in [0.05, 0.1) is 6.61 Å². The van der Waals surface area contributed by atoms with Crippen molar-refractivity contribution in [3.63, 3.8) is 0 Å². The predicted octanol–water partition coefficient (Wildman–Crippen LogP) is 4.14. The number of nitrogens with zero attached hydrogens (tertiary/aromatic N) is 1. The molecule has 5 heteroatoms. The van der Waals surface area contributed by atoms with Crippen LogP contribution in [0.3, 0.4) is 0 Å². The van der Waals surface area contributed by atoms with Gasteiger partial charge in [-0.25, -0.2) is 8.78 Å². The topological polar surface area (TPSA) is 34.1 Å². The van der Waals surface area contributed by atoms with E-state index in [4.69, 9.17) is 4.74 Å². The molecule has 0 fully saturated rings. The maximum absolute atomic E-state index is 13.4. The molecule has 1 rings (SSSR count). The first kappa shape index (κ1) is 15.7. The summed E-state index contributed by atoms with van der Waals surface area (Å²) in [6.45, 7) is 2.58. The number of pyridine rings is 1. The number of hydrogen-bond acceptors (Lipinski definition) is 3. The molecular formula is C14H22F2N2O. The second-order valence-corrected chi connectivity index (χ2v) is 4.47. The van der Waals surface area contributed by atoms with Crippen LogP contribution in [0.2, 0.25) is 0 Å². The lowest BCUT2D eigenvalue weighted by Gasteiger charge is -2.08. The Hall–Kier alpha value is -1.39. The van der Waals surface area contributed by atoms with E-state index >= 15 is 0 Å². The van der Waals surface area contributed by atoms with Crippen LogP contribution in [0.25, 0.3) is 0 Å². The van der Waals surface area contributed by atoms with Gasteiger partial charge in [0, 0.05) is 13.1 Å². The largest absolute Gasteiger partial charge is 0.476 e. The van der Waals surface area contributed by atoms with Crippen molar-refractivity contribution in [3.05, 3.63) is 17.7 Å². The zero-order chi connectivity index (χ0) is 14.1. The molecule has 0 spiro atoms. The Kier molecular flexibility index (Phi) is 7.15. The first-order chi connectivity index (χ1) is 9.19.